The highest BCUT2D eigenvalue weighted by atomic mass is 32.2. The average Bonchev–Trinajstić information content (AvgIpc) is 3.83. The highest BCUT2D eigenvalue weighted by Crippen LogP contribution is 2.21. The van der Waals surface area contributed by atoms with Gasteiger partial charge < -0.3 is 51.4 Å². The molecule has 0 radical (unpaired) electrons. The van der Waals surface area contributed by atoms with Crippen LogP contribution in [0.25, 0.3) is 0 Å². The average molecular weight is 1020 g/mol. The fourth-order valence-corrected chi connectivity index (χ4v) is 8.21. The molecule has 0 saturated carbocycles. The molecule has 1 aliphatic rings. The van der Waals surface area contributed by atoms with Gasteiger partial charge in [-0.3, -0.25) is 24.2 Å². The Hall–Kier alpha value is -7.23. The van der Waals surface area contributed by atoms with Crippen molar-refractivity contribution < 1.29 is 56.2 Å². The third kappa shape index (κ3) is 19.9. The van der Waals surface area contributed by atoms with E-state index in [9.17, 15) is 42.0 Å². The van der Waals surface area contributed by atoms with E-state index in [1.807, 2.05) is 43.3 Å². The van der Waals surface area contributed by atoms with Crippen molar-refractivity contribution in [2.75, 3.05) is 19.6 Å². The Kier molecular flexibility index (Phi) is 22.3. The molecule has 1 heterocycles. The van der Waals surface area contributed by atoms with Gasteiger partial charge >= 0.3 is 18.2 Å². The number of esters is 1. The number of carbonyl (C=O) groups is 7. The van der Waals surface area contributed by atoms with E-state index in [1.54, 1.807) is 57.2 Å². The topological polar surface area (TPSA) is 295 Å². The van der Waals surface area contributed by atoms with Crippen LogP contribution in [0.15, 0.2) is 94.8 Å². The minimum absolute atomic E-state index is 0.0212. The number of sulfonamides is 1. The van der Waals surface area contributed by atoms with Crippen LogP contribution in [0.4, 0.5) is 9.59 Å². The fourth-order valence-electron chi connectivity index (χ4n) is 7.26. The molecule has 1 aliphatic heterocycles. The Labute approximate surface area is 421 Å². The number of likely N-dealkylation sites (tertiary alicyclic amines) is 1. The Morgan fingerprint density at radius 3 is 1.97 bits per heavy atom. The molecular weight excluding hydrogens is 951 g/mol. The van der Waals surface area contributed by atoms with Gasteiger partial charge in [-0.15, -0.1) is 0 Å². The monoisotopic (exact) mass is 1020 g/mol. The van der Waals surface area contributed by atoms with Crippen molar-refractivity contribution in [1.29, 1.82) is 0 Å². The number of rotatable bonds is 24. The van der Waals surface area contributed by atoms with Crippen molar-refractivity contribution in [3.63, 3.8) is 0 Å². The molecule has 6 amide bonds. The van der Waals surface area contributed by atoms with Gasteiger partial charge in [-0.25, -0.2) is 27.5 Å². The van der Waals surface area contributed by atoms with Crippen LogP contribution in [0.5, 0.6) is 0 Å². The number of nitrogens with two attached hydrogens (primary N) is 1. The molecule has 21 nitrogen and oxygen atoms in total. The number of carbonyl (C=O) groups excluding carboxylic acids is 7. The summed E-state index contributed by atoms with van der Waals surface area (Å²) in [7, 11) is -4.03. The minimum Gasteiger partial charge on any atom is -0.459 e. The van der Waals surface area contributed by atoms with E-state index in [-0.39, 0.29) is 63.4 Å². The quantitative estimate of drug-likeness (QED) is 0.0222. The molecule has 1 fully saturated rings. The van der Waals surface area contributed by atoms with Crippen molar-refractivity contribution in [3.05, 3.63) is 102 Å². The van der Waals surface area contributed by atoms with Crippen molar-refractivity contribution in [2.45, 2.75) is 140 Å². The zero-order valence-corrected chi connectivity index (χ0v) is 42.6. The first kappa shape index (κ1) is 57.3. The highest BCUT2D eigenvalue weighted by Gasteiger charge is 2.39. The number of aliphatic imine (C=N–C) groups is 1. The number of alkyl carbamates (subject to hydrolysis) is 2. The molecule has 5 atom stereocenters. The number of aryl methyl sites for hydroxylation is 1. The summed E-state index contributed by atoms with van der Waals surface area (Å²) in [5, 5.41) is 13.2. The molecule has 4 rings (SSSR count). The maximum absolute atomic E-state index is 14.1. The SMILES string of the molecule is Cc1ccc(S(=O)(=O)NC(N)=NCCC[C@H](NC(=O)[C@@H](C)NC(=O)[C@@H]2CCCN2C(=O)[C@H](CCCCNC(=O)OCc2ccccc2)NC(=O)OC(C)(C)C)C(=O)N[C@H](C)C(=O)OCc2ccccc2)cc1. The first-order valence-electron chi connectivity index (χ1n) is 23.9. The van der Waals surface area contributed by atoms with Crippen LogP contribution in [0.2, 0.25) is 0 Å². The zero-order chi connectivity index (χ0) is 52.8. The molecular formula is C50H69N9O12S. The normalized spacial score (nSPS) is 15.4. The molecule has 392 valence electrons. The van der Waals surface area contributed by atoms with E-state index in [0.717, 1.165) is 16.7 Å². The number of ether oxygens (including phenoxy) is 3. The molecule has 72 heavy (non-hydrogen) atoms. The van der Waals surface area contributed by atoms with Crippen molar-refractivity contribution in [2.24, 2.45) is 10.7 Å². The Morgan fingerprint density at radius 1 is 0.736 bits per heavy atom. The van der Waals surface area contributed by atoms with E-state index in [0.29, 0.717) is 19.3 Å². The largest absolute Gasteiger partial charge is 0.459 e. The number of hydrogen-bond donors (Lipinski definition) is 7. The van der Waals surface area contributed by atoms with Crippen molar-refractivity contribution in [3.8, 4) is 0 Å². The zero-order valence-electron chi connectivity index (χ0n) is 41.7. The third-order valence-corrected chi connectivity index (χ3v) is 12.4. The minimum atomic E-state index is -4.03. The van der Waals surface area contributed by atoms with Crippen molar-refractivity contribution in [1.82, 2.24) is 36.2 Å². The molecule has 1 saturated heterocycles. The van der Waals surface area contributed by atoms with E-state index in [4.69, 9.17) is 19.9 Å². The van der Waals surface area contributed by atoms with Gasteiger partial charge in [0.1, 0.15) is 49.0 Å². The second-order valence-corrected chi connectivity index (χ2v) is 20.0. The molecule has 0 aliphatic carbocycles. The number of nitrogens with zero attached hydrogens (tertiary/aromatic N) is 2. The summed E-state index contributed by atoms with van der Waals surface area (Å²) in [6.07, 6.45) is 0.297. The first-order valence-corrected chi connectivity index (χ1v) is 25.4. The molecule has 0 spiro atoms. The van der Waals surface area contributed by atoms with Crippen LogP contribution < -0.4 is 37.0 Å². The van der Waals surface area contributed by atoms with Gasteiger partial charge in [0.2, 0.25) is 29.6 Å². The lowest BCUT2D eigenvalue weighted by Crippen LogP contribution is -2.57. The Balaban J connectivity index is 1.38. The van der Waals surface area contributed by atoms with Crippen LogP contribution in [-0.2, 0) is 61.4 Å². The summed E-state index contributed by atoms with van der Waals surface area (Å²) >= 11 is 0. The number of nitrogens with one attached hydrogen (secondary N) is 6. The summed E-state index contributed by atoms with van der Waals surface area (Å²) < 4.78 is 43.9. The van der Waals surface area contributed by atoms with Crippen LogP contribution in [0.1, 0.15) is 96.3 Å². The maximum atomic E-state index is 14.1. The molecule has 0 unspecified atom stereocenters. The number of amides is 6. The van der Waals surface area contributed by atoms with Crippen LogP contribution in [0.3, 0.4) is 0 Å². The predicted octanol–water partition coefficient (Wildman–Crippen LogP) is 3.59. The molecule has 8 N–H and O–H groups in total. The summed E-state index contributed by atoms with van der Waals surface area (Å²) in [6.45, 7) is 10.1. The molecule has 3 aromatic carbocycles. The Bertz CT molecular complexity index is 2440. The predicted molar refractivity (Wildman–Crippen MR) is 267 cm³/mol. The summed E-state index contributed by atoms with van der Waals surface area (Å²) in [5.74, 6) is -3.84. The second kappa shape index (κ2) is 28.0. The van der Waals surface area contributed by atoms with Crippen LogP contribution >= 0.6 is 0 Å². The Morgan fingerprint density at radius 2 is 1.35 bits per heavy atom. The van der Waals surface area contributed by atoms with Gasteiger partial charge in [-0.2, -0.15) is 0 Å². The van der Waals surface area contributed by atoms with Gasteiger partial charge in [-0.1, -0.05) is 78.4 Å². The molecule has 0 bridgehead atoms. The maximum Gasteiger partial charge on any atom is 0.408 e. The van der Waals surface area contributed by atoms with Gasteiger partial charge in [0.25, 0.3) is 10.0 Å². The van der Waals surface area contributed by atoms with E-state index >= 15 is 0 Å². The number of guanidine groups is 1. The third-order valence-electron chi connectivity index (χ3n) is 11.1. The van der Waals surface area contributed by atoms with E-state index < -0.39 is 93.6 Å². The number of benzene rings is 3. The molecule has 3 aromatic rings. The number of unbranched alkanes of at least 4 members (excludes halogenated alkanes) is 1. The van der Waals surface area contributed by atoms with Gasteiger partial charge in [0.15, 0.2) is 0 Å². The summed E-state index contributed by atoms with van der Waals surface area (Å²) in [5.41, 5.74) is 7.45. The van der Waals surface area contributed by atoms with Gasteiger partial charge in [0.05, 0.1) is 4.90 Å². The number of hydrogen-bond acceptors (Lipinski definition) is 13. The van der Waals surface area contributed by atoms with Crippen molar-refractivity contribution >= 4 is 57.8 Å². The first-order chi connectivity index (χ1) is 34.1. The van der Waals surface area contributed by atoms with E-state index in [1.165, 1.54) is 30.9 Å². The lowest BCUT2D eigenvalue weighted by molar-refractivity contribution is -0.148. The van der Waals surface area contributed by atoms with E-state index in [2.05, 4.69) is 36.3 Å². The smallest absolute Gasteiger partial charge is 0.408 e. The standard InChI is InChI=1S/C50H69N9O12S/c1-33-24-26-38(27-25-33)72(67,68)58-47(51)52-29-15-22-39(43(61)55-35(3)46(64)69-31-36-17-9-7-10-18-36)56-42(60)34(2)54-44(62)41-23-16-30-59(41)45(63)40(57-49(66)71-50(4,5)6)21-13-14-28-53-48(65)70-32-37-19-11-8-12-20-37/h7-12,17-20,24-27,34-35,39-41H,13-16,21-23,28-32H2,1-6H3,(H,53,65)(H,54,62)(H,55,61)(H,56,60)(H,57,66)(H3,51,52,58)/t34-,35-,39+,40+,41+/m1/s1. The second-order valence-electron chi connectivity index (χ2n) is 18.3. The van der Waals surface area contributed by atoms with Crippen LogP contribution in [0, 0.1) is 6.92 Å². The lowest BCUT2D eigenvalue weighted by atomic mass is 10.1. The summed E-state index contributed by atoms with van der Waals surface area (Å²) in [4.78, 5) is 98.9. The lowest BCUT2D eigenvalue weighted by Gasteiger charge is -2.30. The molecule has 22 heteroatoms. The van der Waals surface area contributed by atoms with Crippen LogP contribution in [-0.4, -0.2) is 117 Å². The molecule has 0 aromatic heterocycles. The highest BCUT2D eigenvalue weighted by molar-refractivity contribution is 7.90. The summed E-state index contributed by atoms with van der Waals surface area (Å²) in [6, 6.07) is 18.5. The van der Waals surface area contributed by atoms with Gasteiger partial charge in [-0.05, 0) is 110 Å². The van der Waals surface area contributed by atoms with Gasteiger partial charge in [0, 0.05) is 19.6 Å². The fraction of sp³-hybridized carbons (Fsp3) is 0.480.